The van der Waals surface area contributed by atoms with E-state index in [9.17, 15) is 4.79 Å². The molecule has 0 fully saturated rings. The maximum Gasteiger partial charge on any atom is 0.287 e. The molecule has 1 aromatic carbocycles. The van der Waals surface area contributed by atoms with Crippen molar-refractivity contribution in [2.45, 2.75) is 13.0 Å². The Bertz CT molecular complexity index is 572. The lowest BCUT2D eigenvalue weighted by Gasteiger charge is -2.06. The van der Waals surface area contributed by atoms with E-state index < -0.39 is 0 Å². The summed E-state index contributed by atoms with van der Waals surface area (Å²) < 4.78 is 5.43. The molecule has 0 aliphatic rings. The summed E-state index contributed by atoms with van der Waals surface area (Å²) >= 11 is 0. The minimum absolute atomic E-state index is 0.0965. The Hall–Kier alpha value is -2.23. The van der Waals surface area contributed by atoms with Crippen molar-refractivity contribution in [1.29, 1.82) is 0 Å². The van der Waals surface area contributed by atoms with Crippen molar-refractivity contribution in [3.8, 4) is 0 Å². The molecule has 0 radical (unpaired) electrons. The van der Waals surface area contributed by atoms with Gasteiger partial charge in [0.1, 0.15) is 5.58 Å². The fourth-order valence-corrected chi connectivity index (χ4v) is 1.51. The monoisotopic (exact) mass is 230 g/mol. The molecule has 0 saturated heterocycles. The average Bonchev–Trinajstić information content (AvgIpc) is 2.71. The van der Waals surface area contributed by atoms with Crippen LogP contribution in [0.5, 0.6) is 0 Å². The molecule has 4 nitrogen and oxygen atoms in total. The number of amides is 1. The molecule has 1 amide bonds. The van der Waals surface area contributed by atoms with Crippen LogP contribution in [0.4, 0.5) is 5.69 Å². The Morgan fingerprint density at radius 1 is 1.53 bits per heavy atom. The van der Waals surface area contributed by atoms with Crippen LogP contribution in [0.25, 0.3) is 11.0 Å². The Morgan fingerprint density at radius 3 is 3.00 bits per heavy atom. The summed E-state index contributed by atoms with van der Waals surface area (Å²) in [7, 11) is 0. The minimum atomic E-state index is -0.257. The van der Waals surface area contributed by atoms with Crippen LogP contribution in [-0.4, -0.2) is 11.9 Å². The molecule has 0 aliphatic carbocycles. The van der Waals surface area contributed by atoms with Crippen molar-refractivity contribution >= 4 is 22.6 Å². The van der Waals surface area contributed by atoms with E-state index in [2.05, 4.69) is 11.9 Å². The van der Waals surface area contributed by atoms with Gasteiger partial charge in [0, 0.05) is 17.1 Å². The first-order chi connectivity index (χ1) is 8.10. The predicted molar refractivity (Wildman–Crippen MR) is 67.8 cm³/mol. The van der Waals surface area contributed by atoms with E-state index in [0.717, 1.165) is 5.39 Å². The predicted octanol–water partition coefficient (Wildman–Crippen LogP) is 2.32. The van der Waals surface area contributed by atoms with Crippen molar-refractivity contribution < 1.29 is 9.21 Å². The third-order valence-corrected chi connectivity index (χ3v) is 2.48. The van der Waals surface area contributed by atoms with Gasteiger partial charge in [-0.3, -0.25) is 4.79 Å². The first-order valence-corrected chi connectivity index (χ1v) is 5.32. The van der Waals surface area contributed by atoms with Crippen LogP contribution < -0.4 is 11.1 Å². The van der Waals surface area contributed by atoms with Crippen LogP contribution in [0.1, 0.15) is 17.5 Å². The Kier molecular flexibility index (Phi) is 2.87. The second-order valence-corrected chi connectivity index (χ2v) is 3.91. The van der Waals surface area contributed by atoms with Crippen LogP contribution >= 0.6 is 0 Å². The number of carbonyl (C=O) groups is 1. The molecule has 0 bridgehead atoms. The topological polar surface area (TPSA) is 68.3 Å². The molecule has 1 heterocycles. The molecule has 0 saturated carbocycles. The van der Waals surface area contributed by atoms with Gasteiger partial charge >= 0.3 is 0 Å². The Labute approximate surface area is 99.1 Å². The van der Waals surface area contributed by atoms with Crippen molar-refractivity contribution in [2.75, 3.05) is 5.73 Å². The number of anilines is 1. The largest absolute Gasteiger partial charge is 0.451 e. The van der Waals surface area contributed by atoms with E-state index in [4.69, 9.17) is 10.2 Å². The number of fused-ring (bicyclic) bond motifs is 1. The van der Waals surface area contributed by atoms with Crippen LogP contribution in [0, 0.1) is 0 Å². The zero-order valence-corrected chi connectivity index (χ0v) is 9.57. The number of furan rings is 1. The highest BCUT2D eigenvalue weighted by molar-refractivity contribution is 5.96. The van der Waals surface area contributed by atoms with Gasteiger partial charge in [0.25, 0.3) is 5.91 Å². The van der Waals surface area contributed by atoms with Gasteiger partial charge in [-0.05, 0) is 31.2 Å². The van der Waals surface area contributed by atoms with Crippen LogP contribution in [0.3, 0.4) is 0 Å². The lowest BCUT2D eigenvalue weighted by atomic mass is 10.2. The summed E-state index contributed by atoms with van der Waals surface area (Å²) in [5.74, 6) is 0.0199. The van der Waals surface area contributed by atoms with Gasteiger partial charge in [0.05, 0.1) is 0 Å². The van der Waals surface area contributed by atoms with Crippen LogP contribution in [0.15, 0.2) is 41.3 Å². The normalized spacial score (nSPS) is 12.3. The number of nitrogens with two attached hydrogens (primary N) is 1. The Balaban J connectivity index is 2.30. The lowest BCUT2D eigenvalue weighted by Crippen LogP contribution is -2.30. The molecule has 17 heavy (non-hydrogen) atoms. The van der Waals surface area contributed by atoms with Crippen molar-refractivity contribution in [1.82, 2.24) is 5.32 Å². The number of nitrogens with one attached hydrogen (secondary N) is 1. The van der Waals surface area contributed by atoms with Gasteiger partial charge in [-0.2, -0.15) is 0 Å². The van der Waals surface area contributed by atoms with E-state index in [1.165, 1.54) is 0 Å². The molecular weight excluding hydrogens is 216 g/mol. The smallest absolute Gasteiger partial charge is 0.287 e. The van der Waals surface area contributed by atoms with Gasteiger partial charge in [-0.1, -0.05) is 6.08 Å². The van der Waals surface area contributed by atoms with E-state index in [0.29, 0.717) is 11.3 Å². The maximum absolute atomic E-state index is 11.8. The highest BCUT2D eigenvalue weighted by Gasteiger charge is 2.13. The van der Waals surface area contributed by atoms with Crippen molar-refractivity contribution in [3.05, 3.63) is 42.7 Å². The molecule has 2 aromatic rings. The molecule has 1 unspecified atom stereocenters. The molecule has 1 aromatic heterocycles. The minimum Gasteiger partial charge on any atom is -0.451 e. The SMILES string of the molecule is C=CC(C)NC(=O)c1cc2cc(N)ccc2o1. The van der Waals surface area contributed by atoms with Gasteiger partial charge < -0.3 is 15.5 Å². The summed E-state index contributed by atoms with van der Waals surface area (Å²) in [6, 6.07) is 6.84. The third kappa shape index (κ3) is 2.30. The maximum atomic E-state index is 11.8. The number of carbonyl (C=O) groups excluding carboxylic acids is 1. The fraction of sp³-hybridized carbons (Fsp3) is 0.154. The summed E-state index contributed by atoms with van der Waals surface area (Å²) in [6.07, 6.45) is 1.65. The van der Waals surface area contributed by atoms with E-state index in [1.54, 1.807) is 30.3 Å². The zero-order chi connectivity index (χ0) is 12.4. The van der Waals surface area contributed by atoms with E-state index >= 15 is 0 Å². The van der Waals surface area contributed by atoms with Crippen molar-refractivity contribution in [3.63, 3.8) is 0 Å². The number of hydrogen-bond donors (Lipinski definition) is 2. The first kappa shape index (κ1) is 11.3. The molecule has 0 aliphatic heterocycles. The summed E-state index contributed by atoms with van der Waals surface area (Å²) in [4.78, 5) is 11.8. The second kappa shape index (κ2) is 4.33. The van der Waals surface area contributed by atoms with E-state index in [1.807, 2.05) is 6.92 Å². The van der Waals surface area contributed by atoms with Gasteiger partial charge in [0.2, 0.25) is 0 Å². The van der Waals surface area contributed by atoms with Gasteiger partial charge in [-0.25, -0.2) is 0 Å². The van der Waals surface area contributed by atoms with Crippen molar-refractivity contribution in [2.24, 2.45) is 0 Å². The lowest BCUT2D eigenvalue weighted by molar-refractivity contribution is 0.0921. The number of benzene rings is 1. The fourth-order valence-electron chi connectivity index (χ4n) is 1.51. The molecule has 3 N–H and O–H groups in total. The standard InChI is InChI=1S/C13H14N2O2/c1-3-8(2)15-13(16)12-7-9-6-10(14)4-5-11(9)17-12/h3-8H,1,14H2,2H3,(H,15,16). The molecule has 0 spiro atoms. The number of nitrogen functional groups attached to an aromatic ring is 1. The second-order valence-electron chi connectivity index (χ2n) is 3.91. The van der Waals surface area contributed by atoms with Crippen LogP contribution in [-0.2, 0) is 0 Å². The molecule has 1 atom stereocenters. The third-order valence-electron chi connectivity index (χ3n) is 2.48. The molecular formula is C13H14N2O2. The summed E-state index contributed by atoms with van der Waals surface area (Å²) in [5.41, 5.74) is 6.95. The highest BCUT2D eigenvalue weighted by atomic mass is 16.3. The highest BCUT2D eigenvalue weighted by Crippen LogP contribution is 2.21. The Morgan fingerprint density at radius 2 is 2.29 bits per heavy atom. The number of rotatable bonds is 3. The summed E-state index contributed by atoms with van der Waals surface area (Å²) in [6.45, 7) is 5.44. The zero-order valence-electron chi connectivity index (χ0n) is 9.57. The molecule has 2 rings (SSSR count). The average molecular weight is 230 g/mol. The van der Waals surface area contributed by atoms with Crippen LogP contribution in [0.2, 0.25) is 0 Å². The van der Waals surface area contributed by atoms with Gasteiger partial charge in [0.15, 0.2) is 5.76 Å². The quantitative estimate of drug-likeness (QED) is 0.628. The first-order valence-electron chi connectivity index (χ1n) is 5.32. The summed E-state index contributed by atoms with van der Waals surface area (Å²) in [5, 5.41) is 3.56. The molecule has 4 heteroatoms. The van der Waals surface area contributed by atoms with Gasteiger partial charge in [-0.15, -0.1) is 6.58 Å². The molecule has 88 valence electrons. The van der Waals surface area contributed by atoms with E-state index in [-0.39, 0.29) is 17.7 Å². The number of hydrogen-bond acceptors (Lipinski definition) is 3.